The average Bonchev–Trinajstić information content (AvgIpc) is 3.01. The number of halogens is 1. The van der Waals surface area contributed by atoms with E-state index in [1.165, 1.54) is 16.7 Å². The molecule has 0 radical (unpaired) electrons. The number of hydrogen-bond acceptors (Lipinski definition) is 4. The Bertz CT molecular complexity index is 858. The van der Waals surface area contributed by atoms with E-state index in [2.05, 4.69) is 11.7 Å². The van der Waals surface area contributed by atoms with Crippen LogP contribution in [-0.2, 0) is 4.79 Å². The zero-order valence-electron chi connectivity index (χ0n) is 12.9. The third-order valence-electron chi connectivity index (χ3n) is 3.51. The lowest BCUT2D eigenvalue weighted by Crippen LogP contribution is -2.27. The molecule has 1 amide bonds. The van der Waals surface area contributed by atoms with Crippen molar-refractivity contribution >= 4 is 51.9 Å². The number of aryl methyl sites for hydroxylation is 1. The van der Waals surface area contributed by atoms with E-state index in [0.717, 1.165) is 16.9 Å². The van der Waals surface area contributed by atoms with Gasteiger partial charge in [0.25, 0.3) is 5.91 Å². The third-order valence-corrected chi connectivity index (χ3v) is 5.25. The van der Waals surface area contributed by atoms with Gasteiger partial charge < -0.3 is 0 Å². The minimum absolute atomic E-state index is 0.132. The number of para-hydroxylation sites is 1. The fourth-order valence-electron chi connectivity index (χ4n) is 2.33. The SMILES string of the molecule is C=CCN1C(=O)/C(=C/c2c(C)nn(-c3ccccc3)c2Cl)SC1=S. The fraction of sp³-hybridized carbons (Fsp3) is 0.118. The summed E-state index contributed by atoms with van der Waals surface area (Å²) in [6, 6.07) is 9.61. The summed E-state index contributed by atoms with van der Waals surface area (Å²) in [5.41, 5.74) is 2.34. The van der Waals surface area contributed by atoms with Gasteiger partial charge in [0, 0.05) is 12.1 Å². The molecule has 0 saturated carbocycles. The van der Waals surface area contributed by atoms with Crippen molar-refractivity contribution in [3.63, 3.8) is 0 Å². The number of amides is 1. The van der Waals surface area contributed by atoms with Crippen molar-refractivity contribution in [1.82, 2.24) is 14.7 Å². The van der Waals surface area contributed by atoms with E-state index in [0.29, 0.717) is 20.9 Å². The van der Waals surface area contributed by atoms with Crippen LogP contribution in [0.15, 0.2) is 47.9 Å². The van der Waals surface area contributed by atoms with Crippen molar-refractivity contribution in [2.75, 3.05) is 6.54 Å². The van der Waals surface area contributed by atoms with Crippen molar-refractivity contribution in [1.29, 1.82) is 0 Å². The van der Waals surface area contributed by atoms with Crippen LogP contribution in [-0.4, -0.2) is 31.5 Å². The standard InChI is InChI=1S/C17H14ClN3OS2/c1-3-9-20-16(22)14(24-17(20)23)10-13-11(2)19-21(15(13)18)12-7-5-4-6-8-12/h3-8,10H,1,9H2,2H3/b14-10-. The van der Waals surface area contributed by atoms with E-state index >= 15 is 0 Å². The molecule has 122 valence electrons. The summed E-state index contributed by atoms with van der Waals surface area (Å²) in [6.07, 6.45) is 3.41. The van der Waals surface area contributed by atoms with Gasteiger partial charge in [-0.05, 0) is 25.1 Å². The second kappa shape index (κ2) is 6.93. The predicted molar refractivity (Wildman–Crippen MR) is 103 cm³/mol. The molecule has 7 heteroatoms. The molecule has 1 aliphatic heterocycles. The van der Waals surface area contributed by atoms with Crippen LogP contribution < -0.4 is 0 Å². The maximum atomic E-state index is 12.4. The Morgan fingerprint density at radius 1 is 1.38 bits per heavy atom. The number of hydrogen-bond donors (Lipinski definition) is 0. The highest BCUT2D eigenvalue weighted by Crippen LogP contribution is 2.35. The number of nitrogens with zero attached hydrogens (tertiary/aromatic N) is 3. The summed E-state index contributed by atoms with van der Waals surface area (Å²) in [6.45, 7) is 5.91. The topological polar surface area (TPSA) is 38.1 Å². The summed E-state index contributed by atoms with van der Waals surface area (Å²) in [4.78, 5) is 14.5. The minimum Gasteiger partial charge on any atom is -0.289 e. The lowest BCUT2D eigenvalue weighted by atomic mass is 10.2. The monoisotopic (exact) mass is 375 g/mol. The summed E-state index contributed by atoms with van der Waals surface area (Å²) < 4.78 is 2.18. The summed E-state index contributed by atoms with van der Waals surface area (Å²) in [7, 11) is 0. The molecule has 0 bridgehead atoms. The molecule has 0 atom stereocenters. The third kappa shape index (κ3) is 3.05. The molecule has 0 N–H and O–H groups in total. The molecular weight excluding hydrogens is 362 g/mol. The van der Waals surface area contributed by atoms with Crippen molar-refractivity contribution in [2.24, 2.45) is 0 Å². The molecule has 1 aliphatic rings. The van der Waals surface area contributed by atoms with Gasteiger partial charge in [-0.15, -0.1) is 6.58 Å². The Balaban J connectivity index is 2.00. The number of aromatic nitrogens is 2. The Hall–Kier alpha value is -1.89. The molecule has 4 nitrogen and oxygen atoms in total. The molecule has 1 saturated heterocycles. The molecule has 0 unspecified atom stereocenters. The lowest BCUT2D eigenvalue weighted by Gasteiger charge is -2.10. The van der Waals surface area contributed by atoms with Gasteiger partial charge in [0.1, 0.15) is 9.47 Å². The molecule has 24 heavy (non-hydrogen) atoms. The minimum atomic E-state index is -0.132. The van der Waals surface area contributed by atoms with Crippen LogP contribution in [0.2, 0.25) is 5.15 Å². The highest BCUT2D eigenvalue weighted by atomic mass is 35.5. The van der Waals surface area contributed by atoms with E-state index in [1.54, 1.807) is 16.8 Å². The second-order valence-electron chi connectivity index (χ2n) is 5.12. The normalized spacial score (nSPS) is 16.2. The molecular formula is C17H14ClN3OS2. The van der Waals surface area contributed by atoms with Crippen molar-refractivity contribution in [2.45, 2.75) is 6.92 Å². The lowest BCUT2D eigenvalue weighted by molar-refractivity contribution is -0.121. The van der Waals surface area contributed by atoms with Crippen molar-refractivity contribution in [3.05, 3.63) is 64.3 Å². The quantitative estimate of drug-likeness (QED) is 0.455. The molecule has 0 spiro atoms. The van der Waals surface area contributed by atoms with Crippen LogP contribution in [0, 0.1) is 6.92 Å². The number of carbonyl (C=O) groups excluding carboxylic acids is 1. The van der Waals surface area contributed by atoms with Crippen LogP contribution >= 0.6 is 35.6 Å². The number of rotatable bonds is 4. The van der Waals surface area contributed by atoms with Gasteiger partial charge in [0.2, 0.25) is 0 Å². The number of benzene rings is 1. The van der Waals surface area contributed by atoms with Gasteiger partial charge in [-0.25, -0.2) is 4.68 Å². The van der Waals surface area contributed by atoms with E-state index in [4.69, 9.17) is 23.8 Å². The Morgan fingerprint density at radius 2 is 2.08 bits per heavy atom. The van der Waals surface area contributed by atoms with Gasteiger partial charge in [0.15, 0.2) is 0 Å². The van der Waals surface area contributed by atoms with Gasteiger partial charge in [-0.2, -0.15) is 5.10 Å². The first-order chi connectivity index (χ1) is 11.5. The molecule has 2 heterocycles. The summed E-state index contributed by atoms with van der Waals surface area (Å²) >= 11 is 13.0. The maximum Gasteiger partial charge on any atom is 0.266 e. The van der Waals surface area contributed by atoms with Gasteiger partial charge in [0.05, 0.1) is 16.3 Å². The number of thioether (sulfide) groups is 1. The molecule has 1 fully saturated rings. The van der Waals surface area contributed by atoms with Gasteiger partial charge >= 0.3 is 0 Å². The van der Waals surface area contributed by atoms with Crippen molar-refractivity contribution < 1.29 is 4.79 Å². The van der Waals surface area contributed by atoms with Crippen LogP contribution in [0.3, 0.4) is 0 Å². The predicted octanol–water partition coefficient (Wildman–Crippen LogP) is 4.22. The molecule has 0 aliphatic carbocycles. The smallest absolute Gasteiger partial charge is 0.266 e. The first kappa shape index (κ1) is 17.0. The highest BCUT2D eigenvalue weighted by molar-refractivity contribution is 8.26. The zero-order chi connectivity index (χ0) is 17.3. The molecule has 1 aromatic carbocycles. The van der Waals surface area contributed by atoms with Crippen LogP contribution in [0.4, 0.5) is 0 Å². The van der Waals surface area contributed by atoms with Crippen LogP contribution in [0.25, 0.3) is 11.8 Å². The van der Waals surface area contributed by atoms with Crippen molar-refractivity contribution in [3.8, 4) is 5.69 Å². The maximum absolute atomic E-state index is 12.4. The summed E-state index contributed by atoms with van der Waals surface area (Å²) in [5, 5.41) is 4.94. The van der Waals surface area contributed by atoms with E-state index in [-0.39, 0.29) is 5.91 Å². The Kier molecular flexibility index (Phi) is 4.89. The van der Waals surface area contributed by atoms with E-state index in [1.807, 2.05) is 37.3 Å². The number of thiocarbonyl (C=S) groups is 1. The molecule has 3 rings (SSSR count). The number of carbonyl (C=O) groups is 1. The van der Waals surface area contributed by atoms with E-state index < -0.39 is 0 Å². The largest absolute Gasteiger partial charge is 0.289 e. The fourth-order valence-corrected chi connectivity index (χ4v) is 3.92. The average molecular weight is 376 g/mol. The zero-order valence-corrected chi connectivity index (χ0v) is 15.3. The first-order valence-corrected chi connectivity index (χ1v) is 8.80. The van der Waals surface area contributed by atoms with E-state index in [9.17, 15) is 4.79 Å². The van der Waals surface area contributed by atoms with Crippen LogP contribution in [0.1, 0.15) is 11.3 Å². The summed E-state index contributed by atoms with van der Waals surface area (Å²) in [5.74, 6) is -0.132. The second-order valence-corrected chi connectivity index (χ2v) is 7.15. The molecule has 1 aromatic heterocycles. The first-order valence-electron chi connectivity index (χ1n) is 7.19. The molecule has 2 aromatic rings. The van der Waals surface area contributed by atoms with Crippen LogP contribution in [0.5, 0.6) is 0 Å². The van der Waals surface area contributed by atoms with Gasteiger partial charge in [-0.3, -0.25) is 9.69 Å². The Labute approximate surface area is 154 Å². The highest BCUT2D eigenvalue weighted by Gasteiger charge is 2.31. The Morgan fingerprint density at radius 3 is 2.75 bits per heavy atom. The van der Waals surface area contributed by atoms with Gasteiger partial charge in [-0.1, -0.05) is 59.9 Å².